The second kappa shape index (κ2) is 6.31. The van der Waals surface area contributed by atoms with Gasteiger partial charge in [0.15, 0.2) is 0 Å². The van der Waals surface area contributed by atoms with Crippen molar-refractivity contribution in [3.63, 3.8) is 0 Å². The smallest absolute Gasteiger partial charge is 0.317 e. The quantitative estimate of drug-likeness (QED) is 0.817. The van der Waals surface area contributed by atoms with Gasteiger partial charge in [-0.1, -0.05) is 6.92 Å². The van der Waals surface area contributed by atoms with E-state index in [9.17, 15) is 14.7 Å². The summed E-state index contributed by atoms with van der Waals surface area (Å²) in [6, 6.07) is -0.150. The highest BCUT2D eigenvalue weighted by Gasteiger charge is 2.39. The van der Waals surface area contributed by atoms with Crippen LogP contribution < -0.4 is 5.32 Å². The summed E-state index contributed by atoms with van der Waals surface area (Å²) in [6.45, 7) is 5.30. The molecule has 1 heterocycles. The maximum absolute atomic E-state index is 11.9. The second-order valence-corrected chi connectivity index (χ2v) is 6.40. The molecule has 2 unspecified atom stereocenters. The monoisotopic (exact) mass is 274 g/mol. The molecule has 0 spiro atoms. The van der Waals surface area contributed by atoms with Crippen molar-refractivity contribution >= 4 is 23.8 Å². The molecule has 2 atom stereocenters. The predicted octanol–water partition coefficient (Wildman–Crippen LogP) is 1.63. The van der Waals surface area contributed by atoms with E-state index in [1.54, 1.807) is 23.6 Å². The van der Waals surface area contributed by atoms with Crippen LogP contribution in [0.2, 0.25) is 0 Å². The molecule has 6 heteroatoms. The highest BCUT2D eigenvalue weighted by molar-refractivity contribution is 7.99. The van der Waals surface area contributed by atoms with Crippen LogP contribution >= 0.6 is 11.8 Å². The number of carbonyl (C=O) groups is 2. The molecule has 0 aromatic rings. The first-order valence-corrected chi connectivity index (χ1v) is 7.47. The highest BCUT2D eigenvalue weighted by Crippen LogP contribution is 2.29. The van der Waals surface area contributed by atoms with E-state index in [1.165, 1.54) is 0 Å². The molecule has 2 amide bonds. The lowest BCUT2D eigenvalue weighted by Crippen LogP contribution is -2.52. The number of likely N-dealkylation sites (tertiary alicyclic amines) is 1. The third-order valence-electron chi connectivity index (χ3n) is 3.44. The maximum atomic E-state index is 11.9. The number of carbonyl (C=O) groups excluding carboxylic acids is 1. The van der Waals surface area contributed by atoms with E-state index >= 15 is 0 Å². The SMILES string of the molecule is CSC(C)CNC(=O)N1CCCC(C)(C(=O)O)C1. The Bertz CT molecular complexity index is 324. The van der Waals surface area contributed by atoms with Crippen LogP contribution in [0, 0.1) is 5.41 Å². The molecule has 0 radical (unpaired) electrons. The van der Waals surface area contributed by atoms with E-state index in [0.29, 0.717) is 31.3 Å². The molecule has 1 aliphatic heterocycles. The summed E-state index contributed by atoms with van der Waals surface area (Å²) in [5, 5.41) is 12.4. The van der Waals surface area contributed by atoms with Crippen molar-refractivity contribution in [2.24, 2.45) is 5.41 Å². The molecule has 2 N–H and O–H groups in total. The van der Waals surface area contributed by atoms with Crippen molar-refractivity contribution in [3.05, 3.63) is 0 Å². The first-order chi connectivity index (χ1) is 8.39. The van der Waals surface area contributed by atoms with Gasteiger partial charge in [0.05, 0.1) is 5.41 Å². The number of rotatable bonds is 4. The zero-order valence-corrected chi connectivity index (χ0v) is 12.0. The van der Waals surface area contributed by atoms with Gasteiger partial charge in [0.1, 0.15) is 0 Å². The second-order valence-electron chi connectivity index (χ2n) is 5.12. The predicted molar refractivity (Wildman–Crippen MR) is 72.9 cm³/mol. The van der Waals surface area contributed by atoms with Gasteiger partial charge in [0.25, 0.3) is 0 Å². The molecule has 1 rings (SSSR count). The van der Waals surface area contributed by atoms with Gasteiger partial charge in [-0.05, 0) is 26.0 Å². The Kier molecular flexibility index (Phi) is 5.31. The fourth-order valence-corrected chi connectivity index (χ4v) is 2.26. The standard InChI is InChI=1S/C12H22N2O3S/c1-9(18-3)7-13-11(17)14-6-4-5-12(2,8-14)10(15)16/h9H,4-8H2,1-3H3,(H,13,17)(H,15,16). The lowest BCUT2D eigenvalue weighted by molar-refractivity contribution is -0.150. The van der Waals surface area contributed by atoms with Crippen LogP contribution in [-0.4, -0.2) is 53.1 Å². The zero-order valence-electron chi connectivity index (χ0n) is 11.2. The Labute approximate surface area is 112 Å². The van der Waals surface area contributed by atoms with E-state index < -0.39 is 11.4 Å². The Hall–Kier alpha value is -0.910. The molecule has 104 valence electrons. The van der Waals surface area contributed by atoms with Crippen molar-refractivity contribution in [1.29, 1.82) is 0 Å². The number of carboxylic acids is 1. The summed E-state index contributed by atoms with van der Waals surface area (Å²) in [5.74, 6) is -0.822. The van der Waals surface area contributed by atoms with E-state index in [-0.39, 0.29) is 6.03 Å². The number of hydrogen-bond donors (Lipinski definition) is 2. The van der Waals surface area contributed by atoms with Gasteiger partial charge in [-0.3, -0.25) is 4.79 Å². The molecule has 18 heavy (non-hydrogen) atoms. The molecular weight excluding hydrogens is 252 g/mol. The summed E-state index contributed by atoms with van der Waals surface area (Å²) in [6.07, 6.45) is 3.38. The summed E-state index contributed by atoms with van der Waals surface area (Å²) < 4.78 is 0. The number of urea groups is 1. The Morgan fingerprint density at radius 3 is 2.78 bits per heavy atom. The van der Waals surface area contributed by atoms with E-state index in [1.807, 2.05) is 13.2 Å². The summed E-state index contributed by atoms with van der Waals surface area (Å²) >= 11 is 1.69. The molecule has 0 saturated carbocycles. The first kappa shape index (κ1) is 15.1. The number of carboxylic acid groups (broad SMARTS) is 1. The fourth-order valence-electron chi connectivity index (χ4n) is 2.01. The fraction of sp³-hybridized carbons (Fsp3) is 0.833. The molecule has 0 aromatic heterocycles. The van der Waals surface area contributed by atoms with Crippen molar-refractivity contribution < 1.29 is 14.7 Å². The van der Waals surface area contributed by atoms with Gasteiger partial charge in [-0.25, -0.2) is 4.79 Å². The Morgan fingerprint density at radius 1 is 1.56 bits per heavy atom. The van der Waals surface area contributed by atoms with Crippen LogP contribution in [0.3, 0.4) is 0 Å². The summed E-state index contributed by atoms with van der Waals surface area (Å²) in [5.41, 5.74) is -0.805. The molecule has 1 saturated heterocycles. The lowest BCUT2D eigenvalue weighted by atomic mass is 9.82. The van der Waals surface area contributed by atoms with Crippen molar-refractivity contribution in [3.8, 4) is 0 Å². The minimum Gasteiger partial charge on any atom is -0.481 e. The minimum absolute atomic E-state index is 0.150. The molecular formula is C12H22N2O3S. The molecule has 5 nitrogen and oxygen atoms in total. The topological polar surface area (TPSA) is 69.6 Å². The maximum Gasteiger partial charge on any atom is 0.317 e. The summed E-state index contributed by atoms with van der Waals surface area (Å²) in [7, 11) is 0. The number of piperidine rings is 1. The van der Waals surface area contributed by atoms with Crippen LogP contribution in [0.5, 0.6) is 0 Å². The van der Waals surface area contributed by atoms with Gasteiger partial charge >= 0.3 is 12.0 Å². The third-order valence-corrected chi connectivity index (χ3v) is 4.41. The van der Waals surface area contributed by atoms with Crippen LogP contribution in [-0.2, 0) is 4.79 Å². The number of nitrogens with zero attached hydrogens (tertiary/aromatic N) is 1. The highest BCUT2D eigenvalue weighted by atomic mass is 32.2. The lowest BCUT2D eigenvalue weighted by Gasteiger charge is -2.37. The first-order valence-electron chi connectivity index (χ1n) is 6.18. The summed E-state index contributed by atoms with van der Waals surface area (Å²) in [4.78, 5) is 24.8. The molecule has 0 aliphatic carbocycles. The molecule has 0 aromatic carbocycles. The van der Waals surface area contributed by atoms with E-state index in [4.69, 9.17) is 0 Å². The number of aliphatic carboxylic acids is 1. The van der Waals surface area contributed by atoms with Gasteiger partial charge in [-0.15, -0.1) is 0 Å². The average Bonchev–Trinajstić information content (AvgIpc) is 2.35. The van der Waals surface area contributed by atoms with Crippen molar-refractivity contribution in [2.75, 3.05) is 25.9 Å². The Balaban J connectivity index is 2.51. The van der Waals surface area contributed by atoms with Crippen LogP contribution in [0.15, 0.2) is 0 Å². The minimum atomic E-state index is -0.822. The molecule has 0 bridgehead atoms. The van der Waals surface area contributed by atoms with Gasteiger partial charge in [-0.2, -0.15) is 11.8 Å². The van der Waals surface area contributed by atoms with Gasteiger partial charge in [0, 0.05) is 24.9 Å². The van der Waals surface area contributed by atoms with Crippen molar-refractivity contribution in [2.45, 2.75) is 31.9 Å². The van der Waals surface area contributed by atoms with E-state index in [0.717, 1.165) is 6.42 Å². The van der Waals surface area contributed by atoms with Gasteiger partial charge in [0.2, 0.25) is 0 Å². The number of thioether (sulfide) groups is 1. The normalized spacial score (nSPS) is 25.6. The van der Waals surface area contributed by atoms with Crippen LogP contribution in [0.4, 0.5) is 4.79 Å². The van der Waals surface area contributed by atoms with Crippen molar-refractivity contribution in [1.82, 2.24) is 10.2 Å². The number of amides is 2. The van der Waals surface area contributed by atoms with E-state index in [2.05, 4.69) is 5.32 Å². The zero-order chi connectivity index (χ0) is 13.8. The molecule has 1 aliphatic rings. The Morgan fingerprint density at radius 2 is 2.22 bits per heavy atom. The van der Waals surface area contributed by atoms with Crippen LogP contribution in [0.1, 0.15) is 26.7 Å². The van der Waals surface area contributed by atoms with Gasteiger partial charge < -0.3 is 15.3 Å². The van der Waals surface area contributed by atoms with Crippen LogP contribution in [0.25, 0.3) is 0 Å². The number of nitrogens with one attached hydrogen (secondary N) is 1. The average molecular weight is 274 g/mol. The third kappa shape index (κ3) is 3.80. The molecule has 1 fully saturated rings. The largest absolute Gasteiger partial charge is 0.481 e. The number of hydrogen-bond acceptors (Lipinski definition) is 3.